The number of hydrogen-bond donors (Lipinski definition) is 1. The van der Waals surface area contributed by atoms with Crippen LogP contribution in [-0.4, -0.2) is 35.7 Å². The molecule has 1 aliphatic rings. The molecule has 188 valence electrons. The highest BCUT2D eigenvalue weighted by Crippen LogP contribution is 2.44. The predicted octanol–water partition coefficient (Wildman–Crippen LogP) is 5.70. The SMILES string of the molecule is COc1cc([C@H]2C(=C(O)c3ccc(Cl)cc3)C(=O)C(=O)N2c2cc(C)on2)ccc1OCCC(C)C. The van der Waals surface area contributed by atoms with Crippen LogP contribution in [0.1, 0.15) is 43.2 Å². The van der Waals surface area contributed by atoms with Gasteiger partial charge in [-0.25, -0.2) is 0 Å². The summed E-state index contributed by atoms with van der Waals surface area (Å²) in [6.45, 7) is 6.42. The average molecular weight is 511 g/mol. The number of ether oxygens (including phenoxy) is 2. The highest BCUT2D eigenvalue weighted by molar-refractivity contribution is 6.51. The minimum Gasteiger partial charge on any atom is -0.507 e. The van der Waals surface area contributed by atoms with Gasteiger partial charge in [0, 0.05) is 16.7 Å². The second-order valence-corrected chi connectivity index (χ2v) is 9.35. The molecule has 0 unspecified atom stereocenters. The molecule has 8 nitrogen and oxygen atoms in total. The molecule has 0 spiro atoms. The third kappa shape index (κ3) is 4.95. The number of hydrogen-bond acceptors (Lipinski definition) is 7. The summed E-state index contributed by atoms with van der Waals surface area (Å²) in [6.07, 6.45) is 0.873. The van der Waals surface area contributed by atoms with Crippen molar-refractivity contribution in [2.75, 3.05) is 18.6 Å². The minimum absolute atomic E-state index is 0.0847. The Hall–Kier alpha value is -3.78. The summed E-state index contributed by atoms with van der Waals surface area (Å²) >= 11 is 5.99. The molecular weight excluding hydrogens is 484 g/mol. The number of aliphatic hydroxyl groups is 1. The molecule has 0 aliphatic carbocycles. The average Bonchev–Trinajstić information content (AvgIpc) is 3.39. The van der Waals surface area contributed by atoms with Crippen molar-refractivity contribution >= 4 is 34.9 Å². The van der Waals surface area contributed by atoms with Crippen LogP contribution in [0.15, 0.2) is 58.6 Å². The number of carbonyl (C=O) groups is 2. The van der Waals surface area contributed by atoms with Crippen LogP contribution in [0.2, 0.25) is 5.02 Å². The highest BCUT2D eigenvalue weighted by atomic mass is 35.5. The van der Waals surface area contributed by atoms with Crippen LogP contribution in [-0.2, 0) is 9.59 Å². The number of aromatic nitrogens is 1. The molecule has 1 atom stereocenters. The number of carbonyl (C=O) groups excluding carboxylic acids is 2. The molecule has 4 rings (SSSR count). The molecule has 1 N–H and O–H groups in total. The number of rotatable bonds is 8. The third-order valence-electron chi connectivity index (χ3n) is 5.88. The predicted molar refractivity (Wildman–Crippen MR) is 135 cm³/mol. The van der Waals surface area contributed by atoms with Crippen molar-refractivity contribution in [2.24, 2.45) is 5.92 Å². The molecule has 2 heterocycles. The van der Waals surface area contributed by atoms with Crippen molar-refractivity contribution in [2.45, 2.75) is 33.2 Å². The number of Topliss-reactive ketones (excluding diaryl/α,β-unsaturated/α-hetero) is 1. The van der Waals surface area contributed by atoms with Gasteiger partial charge in [-0.15, -0.1) is 0 Å². The van der Waals surface area contributed by atoms with E-state index in [9.17, 15) is 14.7 Å². The van der Waals surface area contributed by atoms with E-state index in [4.69, 9.17) is 25.6 Å². The largest absolute Gasteiger partial charge is 0.507 e. The first-order valence-electron chi connectivity index (χ1n) is 11.5. The number of ketones is 1. The van der Waals surface area contributed by atoms with E-state index < -0.39 is 17.7 Å². The number of nitrogens with zero attached hydrogens (tertiary/aromatic N) is 2. The Balaban J connectivity index is 1.84. The molecule has 1 saturated heterocycles. The maximum atomic E-state index is 13.2. The lowest BCUT2D eigenvalue weighted by Crippen LogP contribution is -2.29. The van der Waals surface area contributed by atoms with Crippen LogP contribution >= 0.6 is 11.6 Å². The van der Waals surface area contributed by atoms with Crippen LogP contribution in [0.4, 0.5) is 5.82 Å². The first kappa shape index (κ1) is 25.3. The summed E-state index contributed by atoms with van der Waals surface area (Å²) in [5.41, 5.74) is 0.788. The summed E-state index contributed by atoms with van der Waals surface area (Å²) in [7, 11) is 1.51. The monoisotopic (exact) mass is 510 g/mol. The molecule has 2 aromatic carbocycles. The fourth-order valence-corrected chi connectivity index (χ4v) is 4.12. The summed E-state index contributed by atoms with van der Waals surface area (Å²) in [5, 5.41) is 15.6. The van der Waals surface area contributed by atoms with Crippen molar-refractivity contribution in [3.8, 4) is 11.5 Å². The van der Waals surface area contributed by atoms with Crippen molar-refractivity contribution in [3.05, 3.63) is 76.0 Å². The maximum Gasteiger partial charge on any atom is 0.301 e. The molecule has 36 heavy (non-hydrogen) atoms. The van der Waals surface area contributed by atoms with E-state index in [-0.39, 0.29) is 17.2 Å². The molecular formula is C27H27ClN2O6. The van der Waals surface area contributed by atoms with Gasteiger partial charge in [0.2, 0.25) is 0 Å². The van der Waals surface area contributed by atoms with E-state index in [0.29, 0.717) is 45.9 Å². The molecule has 9 heteroatoms. The van der Waals surface area contributed by atoms with Gasteiger partial charge in [0.25, 0.3) is 5.78 Å². The molecule has 3 aromatic rings. The summed E-state index contributed by atoms with van der Waals surface area (Å²) in [5.74, 6) is 0.0754. The van der Waals surface area contributed by atoms with Crippen LogP contribution in [0.3, 0.4) is 0 Å². The molecule has 0 bridgehead atoms. The zero-order valence-corrected chi connectivity index (χ0v) is 21.2. The van der Waals surface area contributed by atoms with E-state index in [0.717, 1.165) is 6.42 Å². The molecule has 0 radical (unpaired) electrons. The van der Waals surface area contributed by atoms with E-state index >= 15 is 0 Å². The lowest BCUT2D eigenvalue weighted by Gasteiger charge is -2.24. The molecule has 0 saturated carbocycles. The topological polar surface area (TPSA) is 102 Å². The van der Waals surface area contributed by atoms with E-state index in [1.807, 2.05) is 0 Å². The molecule has 1 amide bonds. The number of aryl methyl sites for hydroxylation is 1. The fraction of sp³-hybridized carbons (Fsp3) is 0.296. The number of amides is 1. The second-order valence-electron chi connectivity index (χ2n) is 8.91. The normalized spacial score (nSPS) is 17.2. The number of halogens is 1. The minimum atomic E-state index is -0.983. The smallest absolute Gasteiger partial charge is 0.301 e. The molecule has 1 aromatic heterocycles. The van der Waals surface area contributed by atoms with Gasteiger partial charge in [0.1, 0.15) is 11.5 Å². The van der Waals surface area contributed by atoms with Crippen molar-refractivity contribution in [1.82, 2.24) is 5.16 Å². The zero-order valence-electron chi connectivity index (χ0n) is 20.4. The third-order valence-corrected chi connectivity index (χ3v) is 6.13. The summed E-state index contributed by atoms with van der Waals surface area (Å²) < 4.78 is 16.6. The van der Waals surface area contributed by atoms with Crippen LogP contribution in [0.5, 0.6) is 11.5 Å². The Labute approximate surface area is 214 Å². The van der Waals surface area contributed by atoms with E-state index in [1.54, 1.807) is 55.5 Å². The zero-order chi connectivity index (χ0) is 26.0. The van der Waals surface area contributed by atoms with Crippen molar-refractivity contribution < 1.29 is 28.7 Å². The number of aliphatic hydroxyl groups excluding tert-OH is 1. The first-order valence-corrected chi connectivity index (χ1v) is 11.9. The van der Waals surface area contributed by atoms with Crippen molar-refractivity contribution in [1.29, 1.82) is 0 Å². The lowest BCUT2D eigenvalue weighted by atomic mass is 9.95. The van der Waals surface area contributed by atoms with Gasteiger partial charge in [0.05, 0.1) is 25.3 Å². The van der Waals surface area contributed by atoms with E-state index in [1.165, 1.54) is 12.0 Å². The Bertz CT molecular complexity index is 1310. The van der Waals surface area contributed by atoms with Crippen LogP contribution in [0.25, 0.3) is 5.76 Å². The van der Waals surface area contributed by atoms with Gasteiger partial charge in [-0.1, -0.05) is 36.7 Å². The van der Waals surface area contributed by atoms with Gasteiger partial charge in [-0.3, -0.25) is 14.5 Å². The standard InChI is InChI=1S/C27H27ClN2O6/c1-15(2)11-12-35-20-10-7-18(14-21(20)34-4)24-23(25(31)17-5-8-19(28)9-6-17)26(32)27(33)30(24)22-13-16(3)36-29-22/h5-10,13-15,24,31H,11-12H2,1-4H3/t24-/m0/s1. The number of benzene rings is 2. The van der Waals surface area contributed by atoms with Crippen LogP contribution < -0.4 is 14.4 Å². The second kappa shape index (κ2) is 10.5. The van der Waals surface area contributed by atoms with E-state index in [2.05, 4.69) is 19.0 Å². The highest BCUT2D eigenvalue weighted by Gasteiger charge is 2.48. The van der Waals surface area contributed by atoms with Gasteiger partial charge in [0.15, 0.2) is 17.3 Å². The van der Waals surface area contributed by atoms with Crippen molar-refractivity contribution in [3.63, 3.8) is 0 Å². The van der Waals surface area contributed by atoms with Crippen LogP contribution in [0, 0.1) is 12.8 Å². The quantitative estimate of drug-likeness (QED) is 0.236. The Morgan fingerprint density at radius 3 is 2.47 bits per heavy atom. The first-order chi connectivity index (χ1) is 17.2. The Kier molecular flexibility index (Phi) is 7.35. The lowest BCUT2D eigenvalue weighted by molar-refractivity contribution is -0.132. The fourth-order valence-electron chi connectivity index (χ4n) is 3.99. The Morgan fingerprint density at radius 2 is 1.86 bits per heavy atom. The van der Waals surface area contributed by atoms with Gasteiger partial charge in [-0.05, 0) is 61.2 Å². The number of methoxy groups -OCH3 is 1. The van der Waals surface area contributed by atoms with Gasteiger partial charge in [-0.2, -0.15) is 0 Å². The summed E-state index contributed by atoms with van der Waals surface area (Å²) in [4.78, 5) is 27.7. The molecule has 1 fully saturated rings. The Morgan fingerprint density at radius 1 is 1.14 bits per heavy atom. The molecule has 1 aliphatic heterocycles. The number of anilines is 1. The van der Waals surface area contributed by atoms with Gasteiger partial charge < -0.3 is 19.1 Å². The summed E-state index contributed by atoms with van der Waals surface area (Å²) in [6, 6.07) is 12.1. The van der Waals surface area contributed by atoms with Gasteiger partial charge >= 0.3 is 5.91 Å². The maximum absolute atomic E-state index is 13.2.